The molecule has 3 fully saturated rings. The van der Waals surface area contributed by atoms with E-state index in [0.29, 0.717) is 18.2 Å². The number of alkyl halides is 2. The number of aromatic nitrogens is 1. The van der Waals surface area contributed by atoms with Gasteiger partial charge in [0.25, 0.3) is 5.91 Å². The number of ether oxygens (including phenoxy) is 4. The molecule has 2 saturated carbocycles. The number of pyridine rings is 1. The van der Waals surface area contributed by atoms with Gasteiger partial charge >= 0.3 is 12.4 Å². The zero-order chi connectivity index (χ0) is 38.0. The van der Waals surface area contributed by atoms with Gasteiger partial charge in [0.1, 0.15) is 29.3 Å². The van der Waals surface area contributed by atoms with E-state index in [-0.39, 0.29) is 42.2 Å². The number of hydrogen-bond donors (Lipinski definition) is 3. The van der Waals surface area contributed by atoms with E-state index in [9.17, 15) is 36.4 Å². The van der Waals surface area contributed by atoms with Crippen molar-refractivity contribution in [1.29, 1.82) is 0 Å². The number of nitrogens with one attached hydrogen (secondary N) is 3. The van der Waals surface area contributed by atoms with Gasteiger partial charge in [-0.3, -0.25) is 19.1 Å². The van der Waals surface area contributed by atoms with E-state index in [2.05, 4.69) is 31.7 Å². The van der Waals surface area contributed by atoms with Gasteiger partial charge in [0.05, 0.1) is 11.8 Å². The van der Waals surface area contributed by atoms with Crippen molar-refractivity contribution in [2.24, 2.45) is 11.8 Å². The van der Waals surface area contributed by atoms with Crippen molar-refractivity contribution in [3.63, 3.8) is 0 Å². The minimum Gasteiger partial charge on any atom is -0.472 e. The number of fused-ring (bicyclic) bond motifs is 3. The fraction of sp³-hybridized carbons (Fsp3) is 0.559. The summed E-state index contributed by atoms with van der Waals surface area (Å²) in [7, 11) is -3.94. The Bertz CT molecular complexity index is 1930. The van der Waals surface area contributed by atoms with E-state index in [1.165, 1.54) is 35.4 Å². The molecule has 0 bridgehead atoms. The summed E-state index contributed by atoms with van der Waals surface area (Å²) >= 11 is 0. The number of alkyl carbamates (subject to hydrolysis) is 1. The van der Waals surface area contributed by atoms with Crippen LogP contribution < -0.4 is 29.6 Å². The molecule has 6 rings (SSSR count). The van der Waals surface area contributed by atoms with E-state index in [4.69, 9.17) is 14.2 Å². The molecule has 0 spiro atoms. The van der Waals surface area contributed by atoms with Crippen molar-refractivity contribution in [3.05, 3.63) is 37.1 Å². The van der Waals surface area contributed by atoms with Gasteiger partial charge < -0.3 is 34.5 Å². The third-order valence-corrected chi connectivity index (χ3v) is 11.1. The summed E-state index contributed by atoms with van der Waals surface area (Å²) in [4.78, 5) is 60.1. The Morgan fingerprint density at radius 1 is 1.12 bits per heavy atom. The molecular formula is C34H41F2N5O10S. The predicted molar refractivity (Wildman–Crippen MR) is 180 cm³/mol. The molecule has 2 aliphatic heterocycles. The Hall–Kier alpha value is -4.74. The first-order valence-corrected chi connectivity index (χ1v) is 18.4. The molecule has 2 aliphatic carbocycles. The smallest absolute Gasteiger partial charge is 0.472 e. The molecule has 3 N–H and O–H groups in total. The molecular weight excluding hydrogens is 708 g/mol. The van der Waals surface area contributed by atoms with Gasteiger partial charge in [-0.15, -0.1) is 15.4 Å². The second kappa shape index (κ2) is 13.0. The molecule has 1 aromatic carbocycles. The van der Waals surface area contributed by atoms with Crippen LogP contribution in [0.3, 0.4) is 0 Å². The van der Waals surface area contributed by atoms with Crippen molar-refractivity contribution in [3.8, 4) is 17.4 Å². The van der Waals surface area contributed by atoms with Gasteiger partial charge in [0.15, 0.2) is 11.5 Å². The maximum absolute atomic E-state index is 14.2. The van der Waals surface area contributed by atoms with Crippen LogP contribution in [0.1, 0.15) is 60.3 Å². The summed E-state index contributed by atoms with van der Waals surface area (Å²) in [5, 5.41) is 5.13. The minimum absolute atomic E-state index is 0.0000852. The number of carbonyl (C=O) groups is 4. The zero-order valence-electron chi connectivity index (χ0n) is 29.2. The van der Waals surface area contributed by atoms with Crippen LogP contribution in [-0.4, -0.2) is 89.5 Å². The number of nitrogens with zero attached hydrogens (tertiary/aromatic N) is 2. The lowest BCUT2D eigenvalue weighted by Gasteiger charge is -2.31. The molecule has 0 radical (unpaired) electrons. The largest absolute Gasteiger partial charge is 0.586 e. The Kier molecular flexibility index (Phi) is 9.28. The first-order chi connectivity index (χ1) is 24.2. The van der Waals surface area contributed by atoms with Crippen molar-refractivity contribution in [2.75, 3.05) is 6.54 Å². The van der Waals surface area contributed by atoms with Crippen LogP contribution in [0.5, 0.6) is 17.4 Å². The van der Waals surface area contributed by atoms with Crippen molar-refractivity contribution < 1.29 is 55.3 Å². The lowest BCUT2D eigenvalue weighted by Crippen LogP contribution is -2.59. The van der Waals surface area contributed by atoms with Crippen LogP contribution in [0.2, 0.25) is 0 Å². The Morgan fingerprint density at radius 2 is 1.83 bits per heavy atom. The van der Waals surface area contributed by atoms with Crippen molar-refractivity contribution >= 4 is 44.6 Å². The quantitative estimate of drug-likeness (QED) is 0.286. The van der Waals surface area contributed by atoms with Crippen LogP contribution >= 0.6 is 0 Å². The number of rotatable bonds is 11. The first kappa shape index (κ1) is 37.0. The van der Waals surface area contributed by atoms with Gasteiger partial charge in [-0.1, -0.05) is 19.9 Å². The summed E-state index contributed by atoms with van der Waals surface area (Å²) in [6.07, 6.45) is -2.04. The number of benzene rings is 1. The van der Waals surface area contributed by atoms with Crippen LogP contribution in [0.4, 0.5) is 13.6 Å². The second-order valence-electron chi connectivity index (χ2n) is 14.8. The third kappa shape index (κ3) is 7.43. The molecule has 4 aliphatic rings. The average Bonchev–Trinajstić information content (AvgIpc) is 3.94. The topological polar surface area (TPSA) is 192 Å². The van der Waals surface area contributed by atoms with Gasteiger partial charge in [0, 0.05) is 29.3 Å². The van der Waals surface area contributed by atoms with Gasteiger partial charge in [-0.05, 0) is 64.2 Å². The maximum atomic E-state index is 14.2. The van der Waals surface area contributed by atoms with Crippen molar-refractivity contribution in [2.45, 2.75) is 101 Å². The number of amides is 4. The lowest BCUT2D eigenvalue weighted by molar-refractivity contribution is -0.286. The van der Waals surface area contributed by atoms with E-state index in [1.54, 1.807) is 34.6 Å². The third-order valence-electron chi connectivity index (χ3n) is 9.25. The average molecular weight is 750 g/mol. The van der Waals surface area contributed by atoms with Gasteiger partial charge in [-0.2, -0.15) is 0 Å². The molecule has 282 valence electrons. The zero-order valence-corrected chi connectivity index (χ0v) is 30.1. The van der Waals surface area contributed by atoms with Crippen LogP contribution in [-0.2, 0) is 29.1 Å². The van der Waals surface area contributed by atoms with Gasteiger partial charge in [-0.25, -0.2) is 18.2 Å². The summed E-state index contributed by atoms with van der Waals surface area (Å²) in [5.74, 6) is -3.76. The van der Waals surface area contributed by atoms with Crippen LogP contribution in [0.15, 0.2) is 37.1 Å². The van der Waals surface area contributed by atoms with Crippen molar-refractivity contribution in [1.82, 2.24) is 25.2 Å². The monoisotopic (exact) mass is 749 g/mol. The number of sulfonamides is 1. The van der Waals surface area contributed by atoms with E-state index in [1.807, 2.05) is 0 Å². The normalized spacial score (nSPS) is 25.3. The van der Waals surface area contributed by atoms with Gasteiger partial charge in [0.2, 0.25) is 27.7 Å². The highest BCUT2D eigenvalue weighted by Gasteiger charge is 2.62. The second-order valence-corrected chi connectivity index (χ2v) is 16.8. The first-order valence-electron chi connectivity index (χ1n) is 16.9. The van der Waals surface area contributed by atoms with E-state index >= 15 is 0 Å². The Labute approximate surface area is 298 Å². The summed E-state index contributed by atoms with van der Waals surface area (Å²) in [6, 6.07) is 1.78. The number of carbonyl (C=O) groups excluding carboxylic acids is 4. The standard InChI is InChI=1S/C34H41F2N5O10S/c1-7-18-15-33(18,30(44)40-52(46,47)20-8-9-20)39-27(42)23-14-19(16-41(23)29(43)25(17(2)3)38-31(45)51-32(4,5)6)48-28-22-10-11-24-26(21(22)12-13-37-28)50-34(35,36)49-24/h7,10-13,17-20,23,25H,1,8-9,14-16H2,2-6H3,(H,38,45)(H,39,42)(H,40,44)/t18-,19?,23+,25+,33-/m1/s1. The minimum atomic E-state index is -3.94. The summed E-state index contributed by atoms with van der Waals surface area (Å²) in [5.41, 5.74) is -2.49. The number of halogens is 2. The van der Waals surface area contributed by atoms with E-state index in [0.717, 1.165) is 0 Å². The molecule has 3 heterocycles. The lowest BCUT2D eigenvalue weighted by atomic mass is 10.0. The molecule has 1 aromatic heterocycles. The number of likely N-dealkylation sites (tertiary alicyclic amines) is 1. The maximum Gasteiger partial charge on any atom is 0.586 e. The fourth-order valence-corrected chi connectivity index (χ4v) is 7.77. The molecule has 5 atom stereocenters. The molecule has 4 amide bonds. The number of hydrogen-bond acceptors (Lipinski definition) is 11. The SMILES string of the molecule is C=C[C@@H]1C[C@]1(NC(=O)[C@@H]1CC(Oc2nccc3c4c(ccc23)OC(F)(F)O4)CN1C(=O)[C@@H](NC(=O)OC(C)(C)C)C(C)C)C(=O)NS(=O)(=O)C1CC1. The highest BCUT2D eigenvalue weighted by atomic mass is 32.2. The molecule has 1 unspecified atom stereocenters. The molecule has 2 aromatic rings. The molecule has 1 saturated heterocycles. The summed E-state index contributed by atoms with van der Waals surface area (Å²) < 4.78 is 76.0. The Morgan fingerprint density at radius 3 is 2.44 bits per heavy atom. The predicted octanol–water partition coefficient (Wildman–Crippen LogP) is 3.12. The van der Waals surface area contributed by atoms with Crippen LogP contribution in [0, 0.1) is 11.8 Å². The Balaban J connectivity index is 1.28. The molecule has 18 heteroatoms. The fourth-order valence-electron chi connectivity index (χ4n) is 6.41. The molecule has 15 nitrogen and oxygen atoms in total. The van der Waals surface area contributed by atoms with E-state index < -0.39 is 86.5 Å². The molecule has 52 heavy (non-hydrogen) atoms. The highest BCUT2D eigenvalue weighted by molar-refractivity contribution is 7.91. The highest BCUT2D eigenvalue weighted by Crippen LogP contribution is 2.48. The summed E-state index contributed by atoms with van der Waals surface area (Å²) in [6.45, 7) is 11.9. The van der Waals surface area contributed by atoms with Crippen LogP contribution in [0.25, 0.3) is 10.8 Å².